The first-order valence-corrected chi connectivity index (χ1v) is 6.34. The van der Waals surface area contributed by atoms with Crippen LogP contribution in [0.5, 0.6) is 0 Å². The molecule has 1 aromatic rings. The van der Waals surface area contributed by atoms with Crippen molar-refractivity contribution in [2.24, 2.45) is 0 Å². The summed E-state index contributed by atoms with van der Waals surface area (Å²) in [5, 5.41) is 13.8. The van der Waals surface area contributed by atoms with Gasteiger partial charge in [0.1, 0.15) is 6.04 Å². The fraction of sp³-hybridized carbons (Fsp3) is 0.333. The number of carboxylic acid groups (broad SMARTS) is 1. The van der Waals surface area contributed by atoms with Crippen LogP contribution >= 0.6 is 15.9 Å². The molecular weight excluding hydrogens is 300 g/mol. The molecule has 0 spiro atoms. The van der Waals surface area contributed by atoms with Crippen molar-refractivity contribution in [3.8, 4) is 0 Å². The molecule has 1 rings (SSSR count). The van der Waals surface area contributed by atoms with E-state index in [-0.39, 0.29) is 0 Å². The molecule has 0 aliphatic carbocycles. The van der Waals surface area contributed by atoms with E-state index in [1.807, 2.05) is 24.3 Å². The van der Waals surface area contributed by atoms with Crippen molar-refractivity contribution in [1.82, 2.24) is 10.6 Å². The highest BCUT2D eigenvalue weighted by molar-refractivity contribution is 9.10. The molecule has 0 fully saturated rings. The lowest BCUT2D eigenvalue weighted by Crippen LogP contribution is -2.45. The Kier molecular flexibility index (Phi) is 5.64. The Morgan fingerprint density at radius 3 is 2.44 bits per heavy atom. The standard InChI is InChI=1S/C12H15BrN2O3/c1-2-10(11(16)17)15-12(18)14-7-8-3-5-9(13)6-4-8/h3-6,10H,2,7H2,1H3,(H,16,17)(H2,14,15,18)/t10-/m0/s1. The van der Waals surface area contributed by atoms with Crippen molar-refractivity contribution in [1.29, 1.82) is 0 Å². The van der Waals surface area contributed by atoms with Crippen LogP contribution in [0, 0.1) is 0 Å². The molecule has 0 radical (unpaired) electrons. The van der Waals surface area contributed by atoms with E-state index in [2.05, 4.69) is 26.6 Å². The van der Waals surface area contributed by atoms with Gasteiger partial charge in [0.2, 0.25) is 0 Å². The normalized spacial score (nSPS) is 11.7. The van der Waals surface area contributed by atoms with Gasteiger partial charge in [-0.15, -0.1) is 0 Å². The SMILES string of the molecule is CC[C@H](NC(=O)NCc1ccc(Br)cc1)C(=O)O. The molecule has 0 unspecified atom stereocenters. The van der Waals surface area contributed by atoms with E-state index in [9.17, 15) is 9.59 Å². The zero-order chi connectivity index (χ0) is 13.5. The van der Waals surface area contributed by atoms with Crippen LogP contribution in [0.15, 0.2) is 28.7 Å². The molecule has 6 heteroatoms. The number of benzene rings is 1. The predicted molar refractivity (Wildman–Crippen MR) is 71.2 cm³/mol. The number of rotatable bonds is 5. The molecule has 0 aromatic heterocycles. The molecule has 0 aliphatic rings. The van der Waals surface area contributed by atoms with Gasteiger partial charge >= 0.3 is 12.0 Å². The van der Waals surface area contributed by atoms with Crippen molar-refractivity contribution in [3.05, 3.63) is 34.3 Å². The van der Waals surface area contributed by atoms with Crippen LogP contribution in [0.2, 0.25) is 0 Å². The molecule has 1 atom stereocenters. The number of hydrogen-bond acceptors (Lipinski definition) is 2. The van der Waals surface area contributed by atoms with E-state index in [1.165, 1.54) is 0 Å². The third kappa shape index (κ3) is 4.75. The van der Waals surface area contributed by atoms with Gasteiger partial charge in [-0.25, -0.2) is 9.59 Å². The Morgan fingerprint density at radius 2 is 1.94 bits per heavy atom. The van der Waals surface area contributed by atoms with Crippen LogP contribution in [0.3, 0.4) is 0 Å². The number of halogens is 1. The molecule has 0 bridgehead atoms. The molecule has 3 N–H and O–H groups in total. The molecule has 0 saturated carbocycles. The Hall–Kier alpha value is -1.56. The molecule has 18 heavy (non-hydrogen) atoms. The van der Waals surface area contributed by atoms with Gasteiger partial charge in [-0.2, -0.15) is 0 Å². The summed E-state index contributed by atoms with van der Waals surface area (Å²) in [5.74, 6) is -1.03. The maximum Gasteiger partial charge on any atom is 0.326 e. The Bertz CT molecular complexity index is 420. The summed E-state index contributed by atoms with van der Waals surface area (Å²) < 4.78 is 0.965. The summed E-state index contributed by atoms with van der Waals surface area (Å²) in [6.45, 7) is 2.06. The predicted octanol–water partition coefficient (Wildman–Crippen LogP) is 2.11. The molecule has 5 nitrogen and oxygen atoms in total. The molecular formula is C12H15BrN2O3. The lowest BCUT2D eigenvalue weighted by atomic mass is 10.2. The molecule has 0 aliphatic heterocycles. The Morgan fingerprint density at radius 1 is 1.33 bits per heavy atom. The van der Waals surface area contributed by atoms with Crippen LogP contribution in [0.4, 0.5) is 4.79 Å². The van der Waals surface area contributed by atoms with Gasteiger partial charge in [0.15, 0.2) is 0 Å². The number of urea groups is 1. The first-order chi connectivity index (χ1) is 8.52. The summed E-state index contributed by atoms with van der Waals surface area (Å²) in [6.07, 6.45) is 0.348. The fourth-order valence-electron chi connectivity index (χ4n) is 1.33. The average molecular weight is 315 g/mol. The van der Waals surface area contributed by atoms with Crippen LogP contribution < -0.4 is 10.6 Å². The van der Waals surface area contributed by atoms with Crippen molar-refractivity contribution >= 4 is 27.9 Å². The van der Waals surface area contributed by atoms with E-state index in [4.69, 9.17) is 5.11 Å². The van der Waals surface area contributed by atoms with Gasteiger partial charge in [-0.3, -0.25) is 0 Å². The minimum absolute atomic E-state index is 0.348. The average Bonchev–Trinajstić information content (AvgIpc) is 2.35. The third-order valence-corrected chi connectivity index (χ3v) is 2.91. The van der Waals surface area contributed by atoms with Gasteiger partial charge in [-0.1, -0.05) is 35.0 Å². The highest BCUT2D eigenvalue weighted by Crippen LogP contribution is 2.10. The Balaban J connectivity index is 2.41. The lowest BCUT2D eigenvalue weighted by molar-refractivity contribution is -0.139. The maximum absolute atomic E-state index is 11.5. The second kappa shape index (κ2) is 7.00. The zero-order valence-corrected chi connectivity index (χ0v) is 11.5. The molecule has 0 heterocycles. The van der Waals surface area contributed by atoms with Crippen LogP contribution in [-0.4, -0.2) is 23.1 Å². The number of aliphatic carboxylic acids is 1. The van der Waals surface area contributed by atoms with Gasteiger partial charge in [-0.05, 0) is 24.1 Å². The van der Waals surface area contributed by atoms with E-state index in [0.717, 1.165) is 10.0 Å². The molecule has 98 valence electrons. The highest BCUT2D eigenvalue weighted by atomic mass is 79.9. The van der Waals surface area contributed by atoms with Gasteiger partial charge in [0, 0.05) is 11.0 Å². The largest absolute Gasteiger partial charge is 0.480 e. The van der Waals surface area contributed by atoms with Crippen molar-refractivity contribution in [2.45, 2.75) is 25.9 Å². The monoisotopic (exact) mass is 314 g/mol. The van der Waals surface area contributed by atoms with Gasteiger partial charge in [0.25, 0.3) is 0 Å². The smallest absolute Gasteiger partial charge is 0.326 e. The maximum atomic E-state index is 11.5. The summed E-state index contributed by atoms with van der Waals surface area (Å²) in [5.41, 5.74) is 0.941. The summed E-state index contributed by atoms with van der Waals surface area (Å²) in [7, 11) is 0. The van der Waals surface area contributed by atoms with E-state index >= 15 is 0 Å². The number of hydrogen-bond donors (Lipinski definition) is 3. The number of carboxylic acids is 1. The summed E-state index contributed by atoms with van der Waals surface area (Å²) in [4.78, 5) is 22.2. The van der Waals surface area contributed by atoms with Crippen LogP contribution in [-0.2, 0) is 11.3 Å². The van der Waals surface area contributed by atoms with Gasteiger partial charge < -0.3 is 15.7 Å². The van der Waals surface area contributed by atoms with Crippen molar-refractivity contribution in [2.75, 3.05) is 0 Å². The van der Waals surface area contributed by atoms with E-state index < -0.39 is 18.0 Å². The molecule has 1 aromatic carbocycles. The number of nitrogens with one attached hydrogen (secondary N) is 2. The molecule has 2 amide bonds. The second-order valence-corrected chi connectivity index (χ2v) is 4.67. The van der Waals surface area contributed by atoms with Crippen molar-refractivity contribution in [3.63, 3.8) is 0 Å². The van der Waals surface area contributed by atoms with Crippen LogP contribution in [0.25, 0.3) is 0 Å². The molecule has 0 saturated heterocycles. The van der Waals surface area contributed by atoms with Crippen molar-refractivity contribution < 1.29 is 14.7 Å². The summed E-state index contributed by atoms with van der Waals surface area (Å²) >= 11 is 3.32. The van der Waals surface area contributed by atoms with Gasteiger partial charge in [0.05, 0.1) is 0 Å². The highest BCUT2D eigenvalue weighted by Gasteiger charge is 2.16. The zero-order valence-electron chi connectivity index (χ0n) is 9.94. The first-order valence-electron chi connectivity index (χ1n) is 5.54. The Labute approximate surface area is 114 Å². The van der Waals surface area contributed by atoms with E-state index in [0.29, 0.717) is 13.0 Å². The minimum atomic E-state index is -1.03. The fourth-order valence-corrected chi connectivity index (χ4v) is 1.60. The first kappa shape index (κ1) is 14.5. The second-order valence-electron chi connectivity index (χ2n) is 3.75. The number of carbonyl (C=O) groups excluding carboxylic acids is 1. The minimum Gasteiger partial charge on any atom is -0.480 e. The lowest BCUT2D eigenvalue weighted by Gasteiger charge is -2.13. The number of amides is 2. The number of carbonyl (C=O) groups is 2. The summed E-state index contributed by atoms with van der Waals surface area (Å²) in [6, 6.07) is 6.17. The topological polar surface area (TPSA) is 78.4 Å². The van der Waals surface area contributed by atoms with Crippen LogP contribution in [0.1, 0.15) is 18.9 Å². The third-order valence-electron chi connectivity index (χ3n) is 2.38. The van der Waals surface area contributed by atoms with E-state index in [1.54, 1.807) is 6.92 Å². The quantitative estimate of drug-likeness (QED) is 0.779.